The minimum absolute atomic E-state index is 0.0236. The molecule has 2 N–H and O–H groups in total. The average molecular weight is 465 g/mol. The molecule has 1 heterocycles. The Morgan fingerprint density at radius 2 is 1.47 bits per heavy atom. The van der Waals surface area contributed by atoms with Gasteiger partial charge in [0.25, 0.3) is 0 Å². The number of benzene rings is 3. The molecule has 2 nitrogen and oxygen atoms in total. The van der Waals surface area contributed by atoms with Crippen LogP contribution in [0.3, 0.4) is 0 Å². The van der Waals surface area contributed by atoms with E-state index in [4.69, 9.17) is 5.73 Å². The highest BCUT2D eigenvalue weighted by molar-refractivity contribution is 8.08. The number of nitrogens with two attached hydrogens (primary N) is 1. The molecule has 0 saturated heterocycles. The van der Waals surface area contributed by atoms with Gasteiger partial charge < -0.3 is 5.73 Å². The van der Waals surface area contributed by atoms with Gasteiger partial charge in [0.1, 0.15) is 0 Å². The van der Waals surface area contributed by atoms with Crippen molar-refractivity contribution in [3.63, 3.8) is 0 Å². The van der Waals surface area contributed by atoms with Crippen LogP contribution in [0.2, 0.25) is 0 Å². The summed E-state index contributed by atoms with van der Waals surface area (Å²) in [5, 5.41) is 0.855. The van der Waals surface area contributed by atoms with Gasteiger partial charge in [-0.1, -0.05) is 48.2 Å². The van der Waals surface area contributed by atoms with Gasteiger partial charge in [0.15, 0.2) is 0 Å². The summed E-state index contributed by atoms with van der Waals surface area (Å²) in [6.45, 7) is 0. The van der Waals surface area contributed by atoms with Crippen molar-refractivity contribution >= 4 is 40.0 Å². The molecule has 164 valence electrons. The number of carbonyl (C=O) groups excluding carboxylic acids is 1. The van der Waals surface area contributed by atoms with Crippen LogP contribution in [0.1, 0.15) is 22.3 Å². The topological polar surface area (TPSA) is 43.1 Å². The highest BCUT2D eigenvalue weighted by Crippen LogP contribution is 2.43. The second kappa shape index (κ2) is 7.74. The first kappa shape index (κ1) is 22.0. The van der Waals surface area contributed by atoms with Gasteiger partial charge in [-0.15, -0.1) is 0 Å². The first-order valence-electron chi connectivity index (χ1n) is 9.17. The second-order valence-electron chi connectivity index (χ2n) is 7.04. The third kappa shape index (κ3) is 4.12. The summed E-state index contributed by atoms with van der Waals surface area (Å²) < 4.78 is 78.6. The maximum Gasteiger partial charge on any atom is 0.416 e. The van der Waals surface area contributed by atoms with E-state index >= 15 is 0 Å². The molecule has 0 saturated carbocycles. The largest absolute Gasteiger partial charge is 0.416 e. The zero-order chi connectivity index (χ0) is 23.3. The summed E-state index contributed by atoms with van der Waals surface area (Å²) in [6.07, 6.45) is -7.71. The Bertz CT molecular complexity index is 1300. The zero-order valence-corrected chi connectivity index (χ0v) is 16.8. The maximum atomic E-state index is 13.1. The van der Waals surface area contributed by atoms with Gasteiger partial charge in [-0.05, 0) is 52.2 Å². The number of allylic oxidation sites excluding steroid dienone is 2. The maximum absolute atomic E-state index is 13.1. The Kier molecular flexibility index (Phi) is 5.32. The molecule has 1 aliphatic heterocycles. The highest BCUT2D eigenvalue weighted by Gasteiger charge is 2.34. The van der Waals surface area contributed by atoms with E-state index < -0.39 is 29.3 Å². The van der Waals surface area contributed by atoms with E-state index in [0.29, 0.717) is 10.9 Å². The number of rotatable bonds is 2. The number of ketones is 1. The predicted molar refractivity (Wildman–Crippen MR) is 112 cm³/mol. The van der Waals surface area contributed by atoms with Crippen molar-refractivity contribution in [1.29, 1.82) is 0 Å². The van der Waals surface area contributed by atoms with Crippen LogP contribution < -0.4 is 5.73 Å². The highest BCUT2D eigenvalue weighted by atomic mass is 32.2. The number of carbonyl (C=O) groups is 1. The Labute approximate surface area is 182 Å². The van der Waals surface area contributed by atoms with Crippen molar-refractivity contribution in [2.24, 2.45) is 5.73 Å². The van der Waals surface area contributed by atoms with Crippen LogP contribution in [0.15, 0.2) is 70.6 Å². The molecule has 0 fully saturated rings. The number of alkyl halides is 6. The minimum Gasteiger partial charge on any atom is -0.393 e. The van der Waals surface area contributed by atoms with E-state index in [1.54, 1.807) is 18.2 Å². The number of hydrogen-bond donors (Lipinski definition) is 1. The van der Waals surface area contributed by atoms with Crippen molar-refractivity contribution in [3.05, 3.63) is 92.9 Å². The lowest BCUT2D eigenvalue weighted by Gasteiger charge is -2.10. The summed E-state index contributed by atoms with van der Waals surface area (Å²) in [7, 11) is 0. The van der Waals surface area contributed by atoms with E-state index in [9.17, 15) is 31.1 Å². The number of fused-ring (bicyclic) bond motifs is 1. The summed E-state index contributed by atoms with van der Waals surface area (Å²) in [4.78, 5) is 13.1. The Balaban J connectivity index is 1.75. The molecule has 0 amide bonds. The standard InChI is InChI=1S/C23H13F6NOS/c24-22(25,26)15-6-2-5-14(9-15)19-20(31)18(32-21(19)30)10-13-4-1-3-12-7-8-16(11-17(12)13)23(27,28)29/h1-11H,30H2. The molecule has 3 aromatic carbocycles. The van der Waals surface area contributed by atoms with E-state index in [1.165, 1.54) is 24.3 Å². The van der Waals surface area contributed by atoms with Crippen molar-refractivity contribution in [2.45, 2.75) is 12.4 Å². The number of thioether (sulfide) groups is 1. The average Bonchev–Trinajstić information content (AvgIpc) is 2.99. The second-order valence-corrected chi connectivity index (χ2v) is 8.12. The zero-order valence-electron chi connectivity index (χ0n) is 16.0. The number of halogens is 6. The minimum atomic E-state index is -4.59. The summed E-state index contributed by atoms with van der Waals surface area (Å²) in [6, 6.07) is 12.4. The molecule has 0 bridgehead atoms. The summed E-state index contributed by atoms with van der Waals surface area (Å²) >= 11 is 0.869. The lowest BCUT2D eigenvalue weighted by molar-refractivity contribution is -0.138. The normalized spacial score (nSPS) is 16.4. The monoisotopic (exact) mass is 465 g/mol. The molecule has 3 aromatic rings. The van der Waals surface area contributed by atoms with Gasteiger partial charge in [0.2, 0.25) is 5.78 Å². The Morgan fingerprint density at radius 3 is 2.16 bits per heavy atom. The fourth-order valence-corrected chi connectivity index (χ4v) is 4.34. The fourth-order valence-electron chi connectivity index (χ4n) is 3.41. The van der Waals surface area contributed by atoms with Gasteiger partial charge in [-0.25, -0.2) is 0 Å². The fraction of sp³-hybridized carbons (Fsp3) is 0.0870. The number of hydrogen-bond acceptors (Lipinski definition) is 3. The molecule has 0 spiro atoms. The molecule has 32 heavy (non-hydrogen) atoms. The molecule has 0 radical (unpaired) electrons. The molecular weight excluding hydrogens is 452 g/mol. The Morgan fingerprint density at radius 1 is 0.812 bits per heavy atom. The molecule has 0 atom stereocenters. The molecule has 9 heteroatoms. The van der Waals surface area contributed by atoms with Crippen molar-refractivity contribution < 1.29 is 31.1 Å². The smallest absolute Gasteiger partial charge is 0.393 e. The van der Waals surface area contributed by atoms with Crippen LogP contribution in [-0.2, 0) is 17.1 Å². The predicted octanol–water partition coefficient (Wildman–Crippen LogP) is 6.86. The van der Waals surface area contributed by atoms with Gasteiger partial charge in [-0.3, -0.25) is 4.79 Å². The molecule has 0 aliphatic carbocycles. The van der Waals surface area contributed by atoms with Crippen LogP contribution in [0.4, 0.5) is 26.3 Å². The first-order valence-corrected chi connectivity index (χ1v) is 9.98. The van der Waals surface area contributed by atoms with E-state index in [-0.39, 0.29) is 26.5 Å². The molecule has 4 rings (SSSR count). The first-order chi connectivity index (χ1) is 14.9. The van der Waals surface area contributed by atoms with Gasteiger partial charge >= 0.3 is 12.4 Å². The third-order valence-electron chi connectivity index (χ3n) is 4.93. The van der Waals surface area contributed by atoms with E-state index in [1.807, 2.05) is 0 Å². The van der Waals surface area contributed by atoms with Crippen LogP contribution in [-0.4, -0.2) is 5.78 Å². The third-order valence-corrected chi connectivity index (χ3v) is 5.87. The van der Waals surface area contributed by atoms with Crippen LogP contribution in [0, 0.1) is 0 Å². The van der Waals surface area contributed by atoms with Crippen molar-refractivity contribution in [3.8, 4) is 0 Å². The summed E-state index contributed by atoms with van der Waals surface area (Å²) in [5.41, 5.74) is 4.52. The SMILES string of the molecule is NC1=C(c2cccc(C(F)(F)F)c2)C(=O)C(=Cc2cccc3ccc(C(F)(F)F)cc23)S1. The molecular formula is C23H13F6NOS. The lowest BCUT2D eigenvalue weighted by atomic mass is 9.98. The van der Waals surface area contributed by atoms with Crippen LogP contribution in [0.5, 0.6) is 0 Å². The van der Waals surface area contributed by atoms with E-state index in [0.717, 1.165) is 36.0 Å². The number of Topliss-reactive ketones (excluding diaryl/α,β-unsaturated/α-hetero) is 1. The quantitative estimate of drug-likeness (QED) is 0.332. The van der Waals surface area contributed by atoms with Gasteiger partial charge in [0, 0.05) is 0 Å². The molecule has 1 aliphatic rings. The van der Waals surface area contributed by atoms with Crippen LogP contribution >= 0.6 is 11.8 Å². The summed E-state index contributed by atoms with van der Waals surface area (Å²) in [5.74, 6) is -0.587. The van der Waals surface area contributed by atoms with E-state index in [2.05, 4.69) is 0 Å². The lowest BCUT2D eigenvalue weighted by Crippen LogP contribution is -2.07. The Hall–Kier alpha value is -3.20. The van der Waals surface area contributed by atoms with Crippen molar-refractivity contribution in [1.82, 2.24) is 0 Å². The van der Waals surface area contributed by atoms with Gasteiger partial charge in [-0.2, -0.15) is 26.3 Å². The van der Waals surface area contributed by atoms with Crippen LogP contribution in [0.25, 0.3) is 22.4 Å². The molecule has 0 aromatic heterocycles. The van der Waals surface area contributed by atoms with Gasteiger partial charge in [0.05, 0.1) is 26.6 Å². The molecule has 0 unspecified atom stereocenters. The van der Waals surface area contributed by atoms with Crippen molar-refractivity contribution in [2.75, 3.05) is 0 Å².